The number of amides is 2. The minimum atomic E-state index is -0.611. The molecule has 0 saturated carbocycles. The van der Waals surface area contributed by atoms with Crippen molar-refractivity contribution >= 4 is 33.4 Å². The van der Waals surface area contributed by atoms with E-state index >= 15 is 0 Å². The number of rotatable bonds is 0. The van der Waals surface area contributed by atoms with Gasteiger partial charge in [-0.2, -0.15) is 0 Å². The van der Waals surface area contributed by atoms with Crippen LogP contribution in [0, 0.1) is 0 Å². The van der Waals surface area contributed by atoms with Crippen LogP contribution >= 0.6 is 0 Å². The van der Waals surface area contributed by atoms with Gasteiger partial charge in [-0.25, -0.2) is 0 Å². The quantitative estimate of drug-likeness (QED) is 0.634. The highest BCUT2D eigenvalue weighted by molar-refractivity contribution is 7.83. The molecule has 0 bridgehead atoms. The summed E-state index contributed by atoms with van der Waals surface area (Å²) < 4.78 is 19.1. The number of hydrogen-bond donors (Lipinski definition) is 0. The van der Waals surface area contributed by atoms with Gasteiger partial charge in [-0.05, 0) is 12.8 Å². The van der Waals surface area contributed by atoms with Crippen molar-refractivity contribution in [2.45, 2.75) is 25.7 Å². The Morgan fingerprint density at radius 1 is 0.727 bits per heavy atom. The predicted molar refractivity (Wildman–Crippen MR) is 93.7 cm³/mol. The highest BCUT2D eigenvalue weighted by Crippen LogP contribution is 2.05. The van der Waals surface area contributed by atoms with Gasteiger partial charge in [0.1, 0.15) is 0 Å². The highest BCUT2D eigenvalue weighted by atomic mass is 32.2. The van der Waals surface area contributed by atoms with Crippen molar-refractivity contribution in [1.82, 2.24) is 9.80 Å². The van der Waals surface area contributed by atoms with Crippen LogP contribution in [0.15, 0.2) is 0 Å². The summed E-state index contributed by atoms with van der Waals surface area (Å²) >= 11 is 0. The van der Waals surface area contributed by atoms with Gasteiger partial charge in [-0.15, -0.1) is 0 Å². The normalized spacial score (nSPS) is 16.7. The minimum Gasteiger partial charge on any atom is -0.346 e. The van der Waals surface area contributed by atoms with Crippen LogP contribution in [0.3, 0.4) is 0 Å². The monoisotopic (exact) mass is 354 g/mol. The van der Waals surface area contributed by atoms with Crippen molar-refractivity contribution in [3.63, 3.8) is 0 Å². The summed E-state index contributed by atoms with van der Waals surface area (Å²) in [6.45, 7) is 1.91. The summed E-state index contributed by atoms with van der Waals surface area (Å²) in [7, 11) is 2.46. The summed E-state index contributed by atoms with van der Waals surface area (Å²) in [5.41, 5.74) is 0. The molecule has 2 aliphatic heterocycles. The van der Waals surface area contributed by atoms with E-state index in [9.17, 15) is 18.0 Å². The Hall–Kier alpha value is -0.760. The van der Waals surface area contributed by atoms with Crippen molar-refractivity contribution in [3.05, 3.63) is 0 Å². The average Bonchev–Trinajstić information content (AvgIpc) is 2.89. The predicted octanol–water partition coefficient (Wildman–Crippen LogP) is 0.467. The Bertz CT molecular complexity index is 345. The van der Waals surface area contributed by atoms with Crippen LogP contribution in [0.1, 0.15) is 25.7 Å². The Labute approximate surface area is 139 Å². The molecule has 0 aromatic heterocycles. The number of carbonyl (C=O) groups is 2. The first kappa shape index (κ1) is 23.5. The van der Waals surface area contributed by atoms with Crippen molar-refractivity contribution in [2.75, 3.05) is 52.2 Å². The van der Waals surface area contributed by atoms with E-state index in [1.54, 1.807) is 34.8 Å². The molecule has 2 aliphatic rings. The van der Waals surface area contributed by atoms with E-state index in [-0.39, 0.29) is 0 Å². The molecular formula is C14H30N2O4S2. The van der Waals surface area contributed by atoms with Gasteiger partial charge >= 0.3 is 0 Å². The lowest BCUT2D eigenvalue weighted by atomic mass is 10.4. The third kappa shape index (κ3) is 17.3. The van der Waals surface area contributed by atoms with Crippen LogP contribution in [0.25, 0.3) is 0 Å². The Morgan fingerprint density at radius 2 is 0.955 bits per heavy atom. The molecule has 0 aromatic rings. The smallest absolute Gasteiger partial charge is 0.222 e. The van der Waals surface area contributed by atoms with Crippen LogP contribution in [0.5, 0.6) is 0 Å². The zero-order valence-corrected chi connectivity index (χ0v) is 16.2. The van der Waals surface area contributed by atoms with E-state index in [0.29, 0.717) is 11.8 Å². The fourth-order valence-electron chi connectivity index (χ4n) is 1.57. The first-order valence-corrected chi connectivity index (χ1v) is 11.0. The molecule has 0 atom stereocenters. The lowest BCUT2D eigenvalue weighted by molar-refractivity contribution is -0.127. The van der Waals surface area contributed by atoms with Crippen LogP contribution in [0.4, 0.5) is 0 Å². The van der Waals surface area contributed by atoms with Crippen molar-refractivity contribution in [2.24, 2.45) is 0 Å². The molecule has 2 heterocycles. The molecule has 0 aliphatic carbocycles. The molecule has 132 valence electrons. The second-order valence-corrected chi connectivity index (χ2v) is 8.29. The maximum Gasteiger partial charge on any atom is 0.222 e. The first-order valence-electron chi connectivity index (χ1n) is 7.06. The molecule has 22 heavy (non-hydrogen) atoms. The highest BCUT2D eigenvalue weighted by Gasteiger charge is 2.14. The van der Waals surface area contributed by atoms with Crippen LogP contribution in [-0.2, 0) is 31.2 Å². The Balaban J connectivity index is 0. The fourth-order valence-corrected chi connectivity index (χ4v) is 1.57. The van der Waals surface area contributed by atoms with Gasteiger partial charge in [0.05, 0.1) is 0 Å². The average molecular weight is 355 g/mol. The molecular weight excluding hydrogens is 324 g/mol. The van der Waals surface area contributed by atoms with Crippen molar-refractivity contribution in [1.29, 1.82) is 0 Å². The zero-order valence-electron chi connectivity index (χ0n) is 14.6. The number of likely N-dealkylation sites (tertiary alicyclic amines) is 2. The van der Waals surface area contributed by atoms with Gasteiger partial charge in [-0.3, -0.25) is 18.0 Å². The van der Waals surface area contributed by atoms with E-state index in [1.807, 2.05) is 14.1 Å². The summed E-state index contributed by atoms with van der Waals surface area (Å²) in [6.07, 6.45) is 10.2. The lowest BCUT2D eigenvalue weighted by Gasteiger charge is -2.03. The van der Waals surface area contributed by atoms with E-state index in [4.69, 9.17) is 0 Å². The van der Waals surface area contributed by atoms with Gasteiger partial charge in [0.25, 0.3) is 0 Å². The standard InChI is InChI=1S/2C5H9NO.2C2H6OS/c2*1-6-4-2-3-5(6)7;2*1-4(2)3/h2*2-4H2,1H3;2*1-2H3. The third-order valence-corrected chi connectivity index (χ3v) is 2.62. The van der Waals surface area contributed by atoms with Crippen LogP contribution in [-0.4, -0.2) is 82.2 Å². The fraction of sp³-hybridized carbons (Fsp3) is 0.857. The van der Waals surface area contributed by atoms with Gasteiger partial charge in [0, 0.05) is 86.6 Å². The summed E-state index contributed by atoms with van der Waals surface area (Å²) in [5, 5.41) is 0. The van der Waals surface area contributed by atoms with Gasteiger partial charge < -0.3 is 9.80 Å². The zero-order chi connectivity index (χ0) is 17.7. The van der Waals surface area contributed by atoms with Gasteiger partial charge in [-0.1, -0.05) is 0 Å². The second-order valence-electron chi connectivity index (χ2n) is 5.32. The molecule has 0 radical (unpaired) electrons. The molecule has 0 aromatic carbocycles. The summed E-state index contributed by atoms with van der Waals surface area (Å²) in [5.74, 6) is 0.583. The molecule has 2 saturated heterocycles. The third-order valence-electron chi connectivity index (χ3n) is 2.62. The lowest BCUT2D eigenvalue weighted by Crippen LogP contribution is -2.17. The maximum atomic E-state index is 10.5. The first-order chi connectivity index (χ1) is 10.1. The Kier molecular flexibility index (Phi) is 14.8. The largest absolute Gasteiger partial charge is 0.346 e. The molecule has 2 rings (SSSR count). The van der Waals surface area contributed by atoms with E-state index in [1.165, 1.54) is 0 Å². The summed E-state index contributed by atoms with van der Waals surface area (Å²) in [6, 6.07) is 0. The minimum absolute atomic E-state index is 0.292. The molecule has 2 fully saturated rings. The van der Waals surface area contributed by atoms with Crippen LogP contribution in [0.2, 0.25) is 0 Å². The van der Waals surface area contributed by atoms with E-state index < -0.39 is 21.6 Å². The number of hydrogen-bond acceptors (Lipinski definition) is 4. The van der Waals surface area contributed by atoms with Gasteiger partial charge in [0.15, 0.2) is 0 Å². The van der Waals surface area contributed by atoms with E-state index in [0.717, 1.165) is 38.8 Å². The van der Waals surface area contributed by atoms with Crippen LogP contribution < -0.4 is 0 Å². The molecule has 2 amide bonds. The molecule has 0 spiro atoms. The maximum absolute atomic E-state index is 10.5. The number of nitrogens with zero attached hydrogens (tertiary/aromatic N) is 2. The molecule has 0 N–H and O–H groups in total. The summed E-state index contributed by atoms with van der Waals surface area (Å²) in [4.78, 5) is 24.5. The topological polar surface area (TPSA) is 74.8 Å². The van der Waals surface area contributed by atoms with Crippen molar-refractivity contribution < 1.29 is 18.0 Å². The molecule has 6 nitrogen and oxygen atoms in total. The Morgan fingerprint density at radius 3 is 1.00 bits per heavy atom. The second kappa shape index (κ2) is 13.9. The van der Waals surface area contributed by atoms with E-state index in [2.05, 4.69) is 0 Å². The SMILES string of the molecule is CN1CCCC1=O.CN1CCCC1=O.CS(C)=O.CS(C)=O. The molecule has 8 heteroatoms. The van der Waals surface area contributed by atoms with Crippen molar-refractivity contribution in [3.8, 4) is 0 Å². The molecule has 0 unspecified atom stereocenters. The van der Waals surface area contributed by atoms with Gasteiger partial charge in [0.2, 0.25) is 11.8 Å². The number of carbonyl (C=O) groups excluding carboxylic acids is 2.